The van der Waals surface area contributed by atoms with Crippen LogP contribution in [0.15, 0.2) is 48.6 Å². The van der Waals surface area contributed by atoms with Crippen LogP contribution in [0.4, 0.5) is 5.69 Å². The fourth-order valence-corrected chi connectivity index (χ4v) is 9.87. The molecule has 7 nitrogen and oxygen atoms in total. The number of halogens is 1. The summed E-state index contributed by atoms with van der Waals surface area (Å²) in [7, 11) is -3.96. The molecule has 2 aromatic rings. The zero-order valence-corrected chi connectivity index (χ0v) is 26.8. The molecule has 1 spiro atoms. The molecule has 2 N–H and O–H groups in total. The van der Waals surface area contributed by atoms with E-state index in [0.717, 1.165) is 42.8 Å². The van der Waals surface area contributed by atoms with E-state index in [1.807, 2.05) is 39.0 Å². The van der Waals surface area contributed by atoms with Gasteiger partial charge in [-0.15, -0.1) is 0 Å². The average Bonchev–Trinajstić information content (AvgIpc) is 3.10. The number of allylic oxidation sites excluding steroid dienone is 1. The van der Waals surface area contributed by atoms with E-state index in [9.17, 15) is 18.3 Å². The number of hydrogen-bond acceptors (Lipinski definition) is 6. The number of aryl methyl sites for hydroxylation is 1. The molecule has 1 saturated carbocycles. The first-order chi connectivity index (χ1) is 20.5. The molecular formula is C34H43ClN2O5S. The lowest BCUT2D eigenvalue weighted by molar-refractivity contribution is 0.0453. The van der Waals surface area contributed by atoms with Crippen LogP contribution in [0.1, 0.15) is 74.4 Å². The number of aliphatic hydroxyl groups is 1. The predicted octanol–water partition coefficient (Wildman–Crippen LogP) is 5.88. The van der Waals surface area contributed by atoms with Gasteiger partial charge in [-0.3, -0.25) is 4.79 Å². The molecule has 2 heterocycles. The van der Waals surface area contributed by atoms with E-state index in [1.54, 1.807) is 18.2 Å². The summed E-state index contributed by atoms with van der Waals surface area (Å²) in [5.74, 6) is 0.110. The highest BCUT2D eigenvalue weighted by Crippen LogP contribution is 2.47. The average molecular weight is 627 g/mol. The van der Waals surface area contributed by atoms with Crippen LogP contribution in [-0.2, 0) is 21.9 Å². The number of nitrogens with one attached hydrogen (secondary N) is 1. The number of anilines is 1. The molecule has 0 aromatic heterocycles. The molecule has 9 heteroatoms. The highest BCUT2D eigenvalue weighted by atomic mass is 35.5. The van der Waals surface area contributed by atoms with Crippen molar-refractivity contribution in [3.8, 4) is 5.75 Å². The normalized spacial score (nSPS) is 34.5. The Labute approximate surface area is 260 Å². The number of aliphatic hydroxyl groups excluding tert-OH is 1. The first-order valence-corrected chi connectivity index (χ1v) is 17.7. The molecule has 1 unspecified atom stereocenters. The van der Waals surface area contributed by atoms with Gasteiger partial charge in [0.1, 0.15) is 5.75 Å². The standard InChI is InChI=1S/C34H43ClN2O5S/c1-4-32-22(3)21(2)7-13-30(38)27-11-8-25(27)18-37-19-34(15-5-6-23-16-26(35)10-12-28(23)34)20-42-31-14-9-24(17-29(31)37)33(39)36-43(32,40)41/h7,9-10,12-14,16-17,21-22,25,27,30,32,38H,4-6,8,11,15,18-20H2,1-3H3,(H,36,39)/b13-7+/t21-,22?,25-,27+,30-,32-,34-/m0/s1. The van der Waals surface area contributed by atoms with Gasteiger partial charge in [0.05, 0.1) is 23.6 Å². The molecule has 6 rings (SSSR count). The van der Waals surface area contributed by atoms with Crippen molar-refractivity contribution < 1.29 is 23.1 Å². The van der Waals surface area contributed by atoms with Crippen LogP contribution in [0, 0.1) is 23.7 Å². The number of nitrogens with zero attached hydrogens (tertiary/aromatic N) is 1. The van der Waals surface area contributed by atoms with Crippen molar-refractivity contribution in [1.29, 1.82) is 0 Å². The van der Waals surface area contributed by atoms with Gasteiger partial charge >= 0.3 is 0 Å². The maximum Gasteiger partial charge on any atom is 0.264 e. The zero-order chi connectivity index (χ0) is 30.5. The van der Waals surface area contributed by atoms with E-state index in [2.05, 4.69) is 21.8 Å². The Morgan fingerprint density at radius 3 is 2.70 bits per heavy atom. The Bertz CT molecular complexity index is 1530. The second-order valence-electron chi connectivity index (χ2n) is 13.3. The van der Waals surface area contributed by atoms with E-state index in [4.69, 9.17) is 16.3 Å². The third-order valence-electron chi connectivity index (χ3n) is 10.7. The summed E-state index contributed by atoms with van der Waals surface area (Å²) in [6.45, 7) is 7.62. The predicted molar refractivity (Wildman–Crippen MR) is 170 cm³/mol. The molecule has 0 radical (unpaired) electrons. The summed E-state index contributed by atoms with van der Waals surface area (Å²) in [5.41, 5.74) is 3.33. The molecule has 2 aliphatic carbocycles. The summed E-state index contributed by atoms with van der Waals surface area (Å²) in [6, 6.07) is 11.4. The molecule has 0 saturated heterocycles. The molecular weight excluding hydrogens is 584 g/mol. The van der Waals surface area contributed by atoms with Gasteiger partial charge in [-0.1, -0.05) is 50.6 Å². The quantitative estimate of drug-likeness (QED) is 0.384. The van der Waals surface area contributed by atoms with E-state index < -0.39 is 27.3 Å². The monoisotopic (exact) mass is 626 g/mol. The van der Waals surface area contributed by atoms with Crippen molar-refractivity contribution >= 4 is 33.2 Å². The molecule has 2 aliphatic heterocycles. The van der Waals surface area contributed by atoms with Gasteiger partial charge in [0, 0.05) is 29.1 Å². The number of fused-ring (bicyclic) bond motifs is 4. The van der Waals surface area contributed by atoms with Crippen molar-refractivity contribution in [2.45, 2.75) is 76.1 Å². The highest BCUT2D eigenvalue weighted by Gasteiger charge is 2.44. The Balaban J connectivity index is 1.43. The second kappa shape index (κ2) is 11.8. The molecule has 1 amide bonds. The van der Waals surface area contributed by atoms with Gasteiger partial charge in [0.25, 0.3) is 5.91 Å². The maximum atomic E-state index is 13.5. The maximum absolute atomic E-state index is 13.5. The van der Waals surface area contributed by atoms with Crippen molar-refractivity contribution in [3.63, 3.8) is 0 Å². The van der Waals surface area contributed by atoms with Crippen molar-refractivity contribution in [3.05, 3.63) is 70.3 Å². The fourth-order valence-electron chi connectivity index (χ4n) is 7.89. The van der Waals surface area contributed by atoms with Crippen LogP contribution in [0.25, 0.3) is 0 Å². The largest absolute Gasteiger partial charge is 0.490 e. The third-order valence-corrected chi connectivity index (χ3v) is 13.0. The number of sulfonamides is 1. The minimum Gasteiger partial charge on any atom is -0.490 e. The van der Waals surface area contributed by atoms with Gasteiger partial charge in [0.2, 0.25) is 10.0 Å². The first kappa shape index (κ1) is 30.5. The number of rotatable bonds is 1. The van der Waals surface area contributed by atoms with Crippen molar-refractivity contribution in [2.24, 2.45) is 23.7 Å². The highest BCUT2D eigenvalue weighted by molar-refractivity contribution is 7.90. The SMILES string of the molecule is CC[C@H]1C(C)[C@@H](C)/C=C/[C@H](O)[C@@H]2CC[C@H]2CN2C[C@@]3(CCCc4cc(Cl)ccc43)COc3ccc(cc32)C(=O)NS1(=O)=O. The van der Waals surface area contributed by atoms with Crippen LogP contribution in [-0.4, -0.2) is 50.5 Å². The number of ether oxygens (including phenoxy) is 1. The number of carbonyl (C=O) groups excluding carboxylic acids is 1. The summed E-state index contributed by atoms with van der Waals surface area (Å²) in [5, 5.41) is 11.3. The van der Waals surface area contributed by atoms with E-state index in [-0.39, 0.29) is 34.7 Å². The zero-order valence-electron chi connectivity index (χ0n) is 25.3. The Hall–Kier alpha value is -2.55. The van der Waals surface area contributed by atoms with Crippen LogP contribution in [0.2, 0.25) is 5.02 Å². The molecule has 2 bridgehead atoms. The minimum atomic E-state index is -3.96. The number of amides is 1. The number of benzene rings is 2. The molecule has 2 aromatic carbocycles. The molecule has 232 valence electrons. The molecule has 1 fully saturated rings. The lowest BCUT2D eigenvalue weighted by atomic mass is 9.68. The van der Waals surface area contributed by atoms with Gasteiger partial charge in [0.15, 0.2) is 0 Å². The Morgan fingerprint density at radius 2 is 1.95 bits per heavy atom. The summed E-state index contributed by atoms with van der Waals surface area (Å²) in [4.78, 5) is 15.8. The van der Waals surface area contributed by atoms with Gasteiger partial charge in [-0.25, -0.2) is 13.1 Å². The van der Waals surface area contributed by atoms with Crippen LogP contribution in [0.5, 0.6) is 5.75 Å². The van der Waals surface area contributed by atoms with Gasteiger partial charge in [-0.2, -0.15) is 0 Å². The van der Waals surface area contributed by atoms with Crippen LogP contribution < -0.4 is 14.4 Å². The second-order valence-corrected chi connectivity index (χ2v) is 15.6. The summed E-state index contributed by atoms with van der Waals surface area (Å²) < 4.78 is 35.9. The van der Waals surface area contributed by atoms with E-state index >= 15 is 0 Å². The number of hydrogen-bond donors (Lipinski definition) is 2. The number of carbonyl (C=O) groups is 1. The lowest BCUT2D eigenvalue weighted by Crippen LogP contribution is -2.49. The van der Waals surface area contributed by atoms with Crippen molar-refractivity contribution in [1.82, 2.24) is 4.72 Å². The van der Waals surface area contributed by atoms with Crippen molar-refractivity contribution in [2.75, 3.05) is 24.6 Å². The Morgan fingerprint density at radius 1 is 1.14 bits per heavy atom. The summed E-state index contributed by atoms with van der Waals surface area (Å²) in [6.07, 6.45) is 8.51. The minimum absolute atomic E-state index is 0.0916. The molecule has 4 aliphatic rings. The van der Waals surface area contributed by atoms with Gasteiger partial charge in [-0.05, 0) is 104 Å². The summed E-state index contributed by atoms with van der Waals surface area (Å²) >= 11 is 6.40. The first-order valence-electron chi connectivity index (χ1n) is 15.7. The van der Waals surface area contributed by atoms with E-state index in [1.165, 1.54) is 11.1 Å². The smallest absolute Gasteiger partial charge is 0.264 e. The molecule has 7 atom stereocenters. The van der Waals surface area contributed by atoms with Gasteiger partial charge < -0.3 is 14.7 Å². The van der Waals surface area contributed by atoms with E-state index in [0.29, 0.717) is 31.9 Å². The van der Waals surface area contributed by atoms with Crippen LogP contribution in [0.3, 0.4) is 0 Å². The lowest BCUT2D eigenvalue weighted by Gasteiger charge is -2.45. The molecule has 43 heavy (non-hydrogen) atoms. The van der Waals surface area contributed by atoms with Crippen LogP contribution >= 0.6 is 11.6 Å². The third kappa shape index (κ3) is 5.71. The topological polar surface area (TPSA) is 95.9 Å². The Kier molecular flexibility index (Phi) is 8.33. The fraction of sp³-hybridized carbons (Fsp3) is 0.559.